The lowest BCUT2D eigenvalue weighted by atomic mass is 9.96. The van der Waals surface area contributed by atoms with Crippen molar-refractivity contribution in [2.24, 2.45) is 16.2 Å². The Kier molecular flexibility index (Phi) is 7.92. The molecule has 1 aromatic carbocycles. The number of hydrogen-bond acceptors (Lipinski definition) is 6. The van der Waals surface area contributed by atoms with Crippen LogP contribution in [0.5, 0.6) is 0 Å². The molecule has 32 heavy (non-hydrogen) atoms. The van der Waals surface area contributed by atoms with E-state index in [2.05, 4.69) is 23.6 Å². The monoisotopic (exact) mass is 463 g/mol. The molecule has 1 fully saturated rings. The first kappa shape index (κ1) is 24.2. The van der Waals surface area contributed by atoms with E-state index in [-0.39, 0.29) is 35.3 Å². The molecule has 2 heterocycles. The second-order valence-corrected chi connectivity index (χ2v) is 10.6. The Morgan fingerprint density at radius 3 is 2.53 bits per heavy atom. The molecule has 0 radical (unpaired) electrons. The average molecular weight is 464 g/mol. The molecule has 0 aliphatic carbocycles. The fourth-order valence-electron chi connectivity index (χ4n) is 4.12. The number of amidine groups is 1. The molecule has 2 aliphatic rings. The summed E-state index contributed by atoms with van der Waals surface area (Å²) in [6, 6.07) is 6.83. The Hall–Kier alpha value is -2.42. The number of esters is 1. The highest BCUT2D eigenvalue weighted by molar-refractivity contribution is 7.90. The van der Waals surface area contributed by atoms with Gasteiger partial charge >= 0.3 is 5.97 Å². The summed E-state index contributed by atoms with van der Waals surface area (Å²) in [6.07, 6.45) is 4.12. The number of ether oxygens (including phenoxy) is 1. The van der Waals surface area contributed by atoms with Crippen molar-refractivity contribution in [3.63, 3.8) is 0 Å². The lowest BCUT2D eigenvalue weighted by molar-refractivity contribution is -0.153. The smallest absolute Gasteiger partial charge is 0.309 e. The summed E-state index contributed by atoms with van der Waals surface area (Å²) < 4.78 is 33.7. The zero-order chi connectivity index (χ0) is 23.3. The van der Waals surface area contributed by atoms with E-state index < -0.39 is 10.0 Å². The van der Waals surface area contributed by atoms with Crippen LogP contribution in [0.4, 0.5) is 0 Å². The maximum absolute atomic E-state index is 12.4. The highest BCUT2D eigenvalue weighted by atomic mass is 32.2. The van der Waals surface area contributed by atoms with E-state index in [9.17, 15) is 18.0 Å². The molecule has 2 aliphatic heterocycles. The first-order valence-electron chi connectivity index (χ1n) is 11.3. The number of carbonyl (C=O) groups excluding carboxylic acids is 2. The van der Waals surface area contributed by atoms with Crippen LogP contribution in [0.3, 0.4) is 0 Å². The molecular weight excluding hydrogens is 430 g/mol. The minimum atomic E-state index is -3.66. The highest BCUT2D eigenvalue weighted by Gasteiger charge is 2.34. The number of benzene rings is 1. The van der Waals surface area contributed by atoms with Gasteiger partial charge < -0.3 is 15.0 Å². The zero-order valence-corrected chi connectivity index (χ0v) is 19.9. The van der Waals surface area contributed by atoms with Gasteiger partial charge in [-0.15, -0.1) is 4.40 Å². The molecule has 1 saturated heterocycles. The number of amides is 1. The van der Waals surface area contributed by atoms with E-state index in [1.165, 1.54) is 0 Å². The molecule has 1 N–H and O–H groups in total. The summed E-state index contributed by atoms with van der Waals surface area (Å²) in [7, 11) is -3.66. The molecular formula is C23H33N3O5S. The second kappa shape index (κ2) is 10.5. The number of carbonyl (C=O) groups is 2. The molecule has 1 aromatic rings. The quantitative estimate of drug-likeness (QED) is 0.595. The third-order valence-electron chi connectivity index (χ3n) is 5.91. The predicted molar refractivity (Wildman–Crippen MR) is 122 cm³/mol. The highest BCUT2D eigenvalue weighted by Crippen LogP contribution is 2.29. The van der Waals surface area contributed by atoms with Crippen LogP contribution in [0.1, 0.15) is 58.4 Å². The zero-order valence-electron chi connectivity index (χ0n) is 19.0. The fraction of sp³-hybridized carbons (Fsp3) is 0.609. The Bertz CT molecular complexity index is 966. The first-order chi connectivity index (χ1) is 15.2. The molecule has 176 valence electrons. The van der Waals surface area contributed by atoms with Gasteiger partial charge in [-0.2, -0.15) is 8.42 Å². The SMILES string of the molecule is CC(C)CCCC(C)NC(=O)COC(=O)C1CCN(C2=NS(=O)(=O)c3ccccc32)CC1. The number of likely N-dealkylation sites (tertiary alicyclic amines) is 1. The normalized spacial score (nSPS) is 18.8. The van der Waals surface area contributed by atoms with E-state index in [0.717, 1.165) is 19.3 Å². The van der Waals surface area contributed by atoms with Gasteiger partial charge in [-0.25, -0.2) is 0 Å². The van der Waals surface area contributed by atoms with Gasteiger partial charge in [0.15, 0.2) is 12.4 Å². The predicted octanol–water partition coefficient (Wildman–Crippen LogP) is 2.72. The second-order valence-electron chi connectivity index (χ2n) is 9.05. The molecule has 9 heteroatoms. The minimum absolute atomic E-state index is 0.0505. The molecule has 0 spiro atoms. The van der Waals surface area contributed by atoms with Crippen LogP contribution in [-0.2, 0) is 24.3 Å². The Labute approximate surface area is 190 Å². The number of piperidine rings is 1. The van der Waals surface area contributed by atoms with Gasteiger partial charge in [0, 0.05) is 24.7 Å². The Morgan fingerprint density at radius 1 is 1.16 bits per heavy atom. The maximum Gasteiger partial charge on any atom is 0.309 e. The van der Waals surface area contributed by atoms with Gasteiger partial charge in [0.1, 0.15) is 4.90 Å². The number of nitrogens with zero attached hydrogens (tertiary/aromatic N) is 2. The van der Waals surface area contributed by atoms with E-state index >= 15 is 0 Å². The number of rotatable bonds is 8. The third-order valence-corrected chi connectivity index (χ3v) is 7.24. The van der Waals surface area contributed by atoms with Crippen LogP contribution in [0.2, 0.25) is 0 Å². The summed E-state index contributed by atoms with van der Waals surface area (Å²) in [5.41, 5.74) is 0.604. The molecule has 0 aromatic heterocycles. The van der Waals surface area contributed by atoms with Crippen molar-refractivity contribution in [2.45, 2.75) is 63.8 Å². The molecule has 0 bridgehead atoms. The minimum Gasteiger partial charge on any atom is -0.455 e. The van der Waals surface area contributed by atoms with Gasteiger partial charge in [0.2, 0.25) is 0 Å². The van der Waals surface area contributed by atoms with Crippen LogP contribution < -0.4 is 5.32 Å². The Balaban J connectivity index is 1.43. The molecule has 3 rings (SSSR count). The topological polar surface area (TPSA) is 105 Å². The summed E-state index contributed by atoms with van der Waals surface area (Å²) in [5, 5.41) is 2.88. The largest absolute Gasteiger partial charge is 0.455 e. The Morgan fingerprint density at radius 2 is 1.84 bits per heavy atom. The van der Waals surface area contributed by atoms with Crippen molar-refractivity contribution in [2.75, 3.05) is 19.7 Å². The van der Waals surface area contributed by atoms with Crippen LogP contribution >= 0.6 is 0 Å². The number of hydrogen-bond donors (Lipinski definition) is 1. The maximum atomic E-state index is 12.4. The number of sulfonamides is 1. The van der Waals surface area contributed by atoms with Crippen molar-refractivity contribution in [1.82, 2.24) is 10.2 Å². The van der Waals surface area contributed by atoms with Crippen molar-refractivity contribution in [3.05, 3.63) is 29.8 Å². The van der Waals surface area contributed by atoms with Gasteiger partial charge in [0.05, 0.1) is 5.92 Å². The van der Waals surface area contributed by atoms with E-state index in [0.29, 0.717) is 43.2 Å². The van der Waals surface area contributed by atoms with Crippen molar-refractivity contribution in [1.29, 1.82) is 0 Å². The standard InChI is InChI=1S/C23H33N3O5S/c1-16(2)7-6-8-17(3)24-21(27)15-31-23(28)18-11-13-26(14-12-18)22-19-9-4-5-10-20(19)32(29,30)25-22/h4-5,9-10,16-18H,6-8,11-15H2,1-3H3,(H,24,27). The van der Waals surface area contributed by atoms with E-state index in [1.807, 2.05) is 11.8 Å². The third kappa shape index (κ3) is 6.09. The molecule has 0 saturated carbocycles. The molecule has 8 nitrogen and oxygen atoms in total. The summed E-state index contributed by atoms with van der Waals surface area (Å²) in [5.74, 6) is 0.114. The van der Waals surface area contributed by atoms with Crippen molar-refractivity contribution in [3.8, 4) is 0 Å². The summed E-state index contributed by atoms with van der Waals surface area (Å²) in [6.45, 7) is 7.04. The first-order valence-corrected chi connectivity index (χ1v) is 12.8. The molecule has 1 amide bonds. The van der Waals surface area contributed by atoms with Crippen molar-refractivity contribution >= 4 is 27.7 Å². The summed E-state index contributed by atoms with van der Waals surface area (Å²) >= 11 is 0. The molecule has 1 atom stereocenters. The van der Waals surface area contributed by atoms with Gasteiger partial charge in [0.25, 0.3) is 15.9 Å². The van der Waals surface area contributed by atoms with Crippen LogP contribution in [0.15, 0.2) is 33.6 Å². The van der Waals surface area contributed by atoms with E-state index in [4.69, 9.17) is 4.74 Å². The molecule has 1 unspecified atom stereocenters. The van der Waals surface area contributed by atoms with Crippen LogP contribution in [0.25, 0.3) is 0 Å². The van der Waals surface area contributed by atoms with Gasteiger partial charge in [-0.1, -0.05) is 38.8 Å². The number of nitrogens with one attached hydrogen (secondary N) is 1. The lowest BCUT2D eigenvalue weighted by Gasteiger charge is -2.32. The van der Waals surface area contributed by atoms with Crippen LogP contribution in [0, 0.1) is 11.8 Å². The van der Waals surface area contributed by atoms with Crippen LogP contribution in [-0.4, -0.2) is 56.8 Å². The summed E-state index contributed by atoms with van der Waals surface area (Å²) in [4.78, 5) is 26.6. The van der Waals surface area contributed by atoms with E-state index in [1.54, 1.807) is 24.3 Å². The lowest BCUT2D eigenvalue weighted by Crippen LogP contribution is -2.41. The number of fused-ring (bicyclic) bond motifs is 1. The average Bonchev–Trinajstić information content (AvgIpc) is 3.03. The van der Waals surface area contributed by atoms with Crippen molar-refractivity contribution < 1.29 is 22.7 Å². The van der Waals surface area contributed by atoms with Gasteiger partial charge in [-0.05, 0) is 44.2 Å². The van der Waals surface area contributed by atoms with Gasteiger partial charge in [-0.3, -0.25) is 9.59 Å². The fourth-order valence-corrected chi connectivity index (χ4v) is 5.35.